The second-order valence-electron chi connectivity index (χ2n) is 8.83. The molecule has 0 N–H and O–H groups in total. The Morgan fingerprint density at radius 1 is 1.04 bits per heavy atom. The summed E-state index contributed by atoms with van der Waals surface area (Å²) < 4.78 is 16.3. The first-order chi connectivity index (χ1) is 12.8. The third-order valence-electron chi connectivity index (χ3n) is 5.06. The van der Waals surface area contributed by atoms with Gasteiger partial charge in [0.1, 0.15) is 0 Å². The third-order valence-corrected chi connectivity index (χ3v) is 20.0. The molecule has 5 heteroatoms. The molecule has 1 aromatic rings. The summed E-state index contributed by atoms with van der Waals surface area (Å²) in [5.74, 6) is 0.634. The molecule has 0 aliphatic heterocycles. The number of hydrogen-bond acceptors (Lipinski definition) is 3. The Labute approximate surface area is 170 Å². The van der Waals surface area contributed by atoms with E-state index in [9.17, 15) is 4.79 Å². The fraction of sp³-hybridized carbons (Fsp3) is 0.773. The number of anilines is 1. The molecule has 0 aromatic carbocycles. The van der Waals surface area contributed by atoms with Gasteiger partial charge in [-0.05, 0) is 0 Å². The van der Waals surface area contributed by atoms with Crippen LogP contribution in [0.25, 0.3) is 0 Å². The topological polar surface area (TPSA) is 42.7 Å². The molecule has 0 spiro atoms. The molecule has 4 nitrogen and oxygen atoms in total. The van der Waals surface area contributed by atoms with Crippen molar-refractivity contribution in [2.45, 2.75) is 99.0 Å². The van der Waals surface area contributed by atoms with Crippen LogP contribution in [0.2, 0.25) is 13.3 Å². The van der Waals surface area contributed by atoms with Crippen LogP contribution < -0.4 is 4.90 Å². The van der Waals surface area contributed by atoms with E-state index >= 15 is 0 Å². The summed E-state index contributed by atoms with van der Waals surface area (Å²) in [5.41, 5.74) is -0.504. The fourth-order valence-corrected chi connectivity index (χ4v) is 19.2. The molecule has 0 saturated heterocycles. The van der Waals surface area contributed by atoms with Crippen molar-refractivity contribution in [3.05, 3.63) is 18.4 Å². The van der Waals surface area contributed by atoms with E-state index in [4.69, 9.17) is 9.15 Å². The number of nitrogens with zero attached hydrogens (tertiary/aromatic N) is 1. The Bertz CT molecular complexity index is 500. The van der Waals surface area contributed by atoms with Crippen LogP contribution in [0.15, 0.2) is 22.8 Å². The van der Waals surface area contributed by atoms with Gasteiger partial charge in [-0.2, -0.15) is 0 Å². The van der Waals surface area contributed by atoms with Crippen molar-refractivity contribution in [1.82, 2.24) is 0 Å². The van der Waals surface area contributed by atoms with Gasteiger partial charge in [0.05, 0.1) is 0 Å². The van der Waals surface area contributed by atoms with E-state index in [1.165, 1.54) is 51.8 Å². The zero-order valence-corrected chi connectivity index (χ0v) is 21.3. The van der Waals surface area contributed by atoms with Crippen molar-refractivity contribution in [3.8, 4) is 0 Å². The molecule has 1 rings (SSSR count). The minimum absolute atomic E-state index is 0.261. The van der Waals surface area contributed by atoms with Gasteiger partial charge in [0.15, 0.2) is 0 Å². The first kappa shape index (κ1) is 24.4. The molecule has 0 aliphatic carbocycles. The van der Waals surface area contributed by atoms with Crippen LogP contribution in [0.5, 0.6) is 0 Å². The molecule has 0 bridgehead atoms. The SMILES string of the molecule is CCC[CH2][Sn]([CH2]CCC)([CH2]CCC)[CH2]N(C(=O)OC(C)(C)C)c1ccco1. The second kappa shape index (κ2) is 12.0. The number of hydrogen-bond donors (Lipinski definition) is 0. The van der Waals surface area contributed by atoms with Crippen LogP contribution in [0.1, 0.15) is 80.1 Å². The van der Waals surface area contributed by atoms with Crippen LogP contribution in [-0.2, 0) is 4.74 Å². The Balaban J connectivity index is 3.15. The van der Waals surface area contributed by atoms with Gasteiger partial charge in [-0.3, -0.25) is 0 Å². The molecule has 0 aliphatic rings. The quantitative estimate of drug-likeness (QED) is 0.289. The summed E-state index contributed by atoms with van der Waals surface area (Å²) in [7, 11) is 0. The van der Waals surface area contributed by atoms with Crippen LogP contribution in [0.3, 0.4) is 0 Å². The van der Waals surface area contributed by atoms with E-state index in [2.05, 4.69) is 20.8 Å². The van der Waals surface area contributed by atoms with Gasteiger partial charge in [0.2, 0.25) is 0 Å². The van der Waals surface area contributed by atoms with Crippen molar-refractivity contribution in [1.29, 1.82) is 0 Å². The summed E-state index contributed by atoms with van der Waals surface area (Å²) in [6, 6.07) is 3.74. The van der Waals surface area contributed by atoms with E-state index < -0.39 is 24.0 Å². The van der Waals surface area contributed by atoms with Crippen LogP contribution in [0, 0.1) is 0 Å². The van der Waals surface area contributed by atoms with Crippen LogP contribution in [-0.4, -0.2) is 34.6 Å². The third kappa shape index (κ3) is 8.93. The van der Waals surface area contributed by atoms with Crippen molar-refractivity contribution < 1.29 is 13.9 Å². The Morgan fingerprint density at radius 2 is 1.56 bits per heavy atom. The average Bonchev–Trinajstić information content (AvgIpc) is 3.13. The number of carbonyl (C=O) groups is 1. The van der Waals surface area contributed by atoms with Crippen molar-refractivity contribution in [3.63, 3.8) is 0 Å². The maximum absolute atomic E-state index is 13.0. The standard InChI is InChI=1S/C10H14NO3.3C4H9.Sn/c1-10(2,3)14-9(12)11(4)8-6-5-7-13-8;3*1-3-4-2;/h5-7H,4H2,1-3H3;3*1,3-4H2,2H3;. The van der Waals surface area contributed by atoms with E-state index in [-0.39, 0.29) is 6.09 Å². The van der Waals surface area contributed by atoms with E-state index in [1.807, 2.05) is 37.8 Å². The van der Waals surface area contributed by atoms with Gasteiger partial charge in [0.25, 0.3) is 0 Å². The number of rotatable bonds is 12. The number of unbranched alkanes of at least 4 members (excludes halogenated alkanes) is 3. The molecule has 0 unspecified atom stereocenters. The maximum atomic E-state index is 13.0. The van der Waals surface area contributed by atoms with Crippen LogP contribution >= 0.6 is 0 Å². The molecule has 27 heavy (non-hydrogen) atoms. The molecular weight excluding hydrogens is 445 g/mol. The first-order valence-electron chi connectivity index (χ1n) is 10.8. The van der Waals surface area contributed by atoms with Gasteiger partial charge >= 0.3 is 171 Å². The molecule has 1 heterocycles. The predicted molar refractivity (Wildman–Crippen MR) is 117 cm³/mol. The number of furan rings is 1. The van der Waals surface area contributed by atoms with Crippen molar-refractivity contribution in [2.24, 2.45) is 0 Å². The molecule has 0 fully saturated rings. The molecule has 0 radical (unpaired) electrons. The number of carbonyl (C=O) groups excluding carboxylic acids is 1. The monoisotopic (exact) mass is 487 g/mol. The molecule has 1 aromatic heterocycles. The van der Waals surface area contributed by atoms with Crippen molar-refractivity contribution in [2.75, 3.05) is 9.46 Å². The van der Waals surface area contributed by atoms with Gasteiger partial charge in [-0.1, -0.05) is 0 Å². The van der Waals surface area contributed by atoms with Gasteiger partial charge in [-0.15, -0.1) is 0 Å². The van der Waals surface area contributed by atoms with E-state index in [0.717, 1.165) is 4.56 Å². The molecule has 156 valence electrons. The van der Waals surface area contributed by atoms with Gasteiger partial charge in [0, 0.05) is 0 Å². The molecule has 1 amide bonds. The summed E-state index contributed by atoms with van der Waals surface area (Å²) in [5, 5.41) is 0. The van der Waals surface area contributed by atoms with Gasteiger partial charge in [-0.25, -0.2) is 0 Å². The molecule has 0 atom stereocenters. The fourth-order valence-electron chi connectivity index (χ4n) is 3.58. The summed E-state index contributed by atoms with van der Waals surface area (Å²) >= 11 is -2.56. The summed E-state index contributed by atoms with van der Waals surface area (Å²) in [6.07, 6.45) is 8.91. The Kier molecular flexibility index (Phi) is 10.9. The second-order valence-corrected chi connectivity index (χ2v) is 22.6. The summed E-state index contributed by atoms with van der Waals surface area (Å²) in [6.45, 7) is 12.6. The van der Waals surface area contributed by atoms with E-state index in [1.54, 1.807) is 6.26 Å². The molecule has 0 saturated carbocycles. The minimum atomic E-state index is -2.56. The average molecular weight is 486 g/mol. The van der Waals surface area contributed by atoms with E-state index in [0.29, 0.717) is 5.88 Å². The van der Waals surface area contributed by atoms with Crippen LogP contribution in [0.4, 0.5) is 10.7 Å². The Morgan fingerprint density at radius 3 is 1.93 bits per heavy atom. The zero-order valence-electron chi connectivity index (χ0n) is 18.5. The number of ether oxygens (including phenoxy) is 1. The first-order valence-corrected chi connectivity index (χ1v) is 18.9. The predicted octanol–water partition coefficient (Wildman–Crippen LogP) is 7.41. The Hall–Kier alpha value is -0.651. The van der Waals surface area contributed by atoms with Gasteiger partial charge < -0.3 is 0 Å². The summed E-state index contributed by atoms with van der Waals surface area (Å²) in [4.78, 5) is 14.9. The van der Waals surface area contributed by atoms with Crippen molar-refractivity contribution >= 4 is 30.4 Å². The molecular formula is C22H41NO3Sn. The zero-order chi connectivity index (χ0) is 20.3. The normalized spacial score (nSPS) is 12.2. The number of amides is 1.